The highest BCUT2D eigenvalue weighted by Gasteiger charge is 2.18. The molecule has 0 atom stereocenters. The lowest BCUT2D eigenvalue weighted by Gasteiger charge is -2.19. The van der Waals surface area contributed by atoms with E-state index in [0.717, 1.165) is 10.0 Å². The molecule has 0 fully saturated rings. The second-order valence-corrected chi connectivity index (χ2v) is 7.25. The van der Waals surface area contributed by atoms with Crippen molar-refractivity contribution < 1.29 is 9.53 Å². The number of halogens is 1. The van der Waals surface area contributed by atoms with Crippen LogP contribution in [-0.4, -0.2) is 31.6 Å². The minimum absolute atomic E-state index is 0.0272. The van der Waals surface area contributed by atoms with Gasteiger partial charge in [-0.15, -0.1) is 0 Å². The standard InChI is InChI=1S/C16H16BrN5O3/c1-16(2,3)25-15(24)22-14-20-12-10(13(23)21-14)18-11(19-12)8-4-6-9(17)7-5-8/h4-7H,1-3H3,(H3,18,19,20,21,22,23,24). The Morgan fingerprint density at radius 2 is 1.84 bits per heavy atom. The first-order valence-electron chi connectivity index (χ1n) is 7.47. The molecular formula is C16H16BrN5O3. The number of imidazole rings is 1. The molecule has 1 amide bonds. The summed E-state index contributed by atoms with van der Waals surface area (Å²) in [6.45, 7) is 5.22. The first-order chi connectivity index (χ1) is 11.7. The molecule has 0 aliphatic heterocycles. The number of anilines is 1. The maximum Gasteiger partial charge on any atom is 0.414 e. The molecule has 0 aliphatic rings. The Bertz CT molecular complexity index is 986. The van der Waals surface area contributed by atoms with Gasteiger partial charge in [-0.05, 0) is 32.9 Å². The number of nitrogens with one attached hydrogen (secondary N) is 3. The van der Waals surface area contributed by atoms with Crippen LogP contribution in [0.15, 0.2) is 33.5 Å². The van der Waals surface area contributed by atoms with Crippen LogP contribution in [-0.2, 0) is 4.74 Å². The number of hydrogen-bond acceptors (Lipinski definition) is 5. The van der Waals surface area contributed by atoms with E-state index in [1.807, 2.05) is 24.3 Å². The highest BCUT2D eigenvalue weighted by Crippen LogP contribution is 2.20. The van der Waals surface area contributed by atoms with Gasteiger partial charge in [-0.3, -0.25) is 15.1 Å². The average molecular weight is 406 g/mol. The van der Waals surface area contributed by atoms with Gasteiger partial charge in [0, 0.05) is 10.0 Å². The van der Waals surface area contributed by atoms with Crippen LogP contribution in [0.3, 0.4) is 0 Å². The van der Waals surface area contributed by atoms with Crippen molar-refractivity contribution in [1.82, 2.24) is 19.9 Å². The van der Waals surface area contributed by atoms with Crippen LogP contribution < -0.4 is 10.9 Å². The van der Waals surface area contributed by atoms with E-state index in [1.165, 1.54) is 0 Å². The predicted molar refractivity (Wildman–Crippen MR) is 97.5 cm³/mol. The lowest BCUT2D eigenvalue weighted by Crippen LogP contribution is -2.28. The lowest BCUT2D eigenvalue weighted by molar-refractivity contribution is 0.0634. The number of aromatic amines is 2. The molecule has 25 heavy (non-hydrogen) atoms. The summed E-state index contributed by atoms with van der Waals surface area (Å²) in [5, 5.41) is 2.40. The van der Waals surface area contributed by atoms with E-state index >= 15 is 0 Å². The van der Waals surface area contributed by atoms with Crippen LogP contribution in [0.4, 0.5) is 10.7 Å². The molecule has 0 radical (unpaired) electrons. The third kappa shape index (κ3) is 4.05. The Kier molecular flexibility index (Phi) is 4.34. The maximum atomic E-state index is 12.2. The molecule has 0 aliphatic carbocycles. The van der Waals surface area contributed by atoms with Crippen molar-refractivity contribution in [3.8, 4) is 11.4 Å². The summed E-state index contributed by atoms with van der Waals surface area (Å²) in [4.78, 5) is 37.9. The normalized spacial score (nSPS) is 11.5. The number of aromatic nitrogens is 4. The summed E-state index contributed by atoms with van der Waals surface area (Å²) in [5.41, 5.74) is 0.143. The van der Waals surface area contributed by atoms with Gasteiger partial charge in [0.25, 0.3) is 5.56 Å². The fourth-order valence-corrected chi connectivity index (χ4v) is 2.38. The molecule has 3 N–H and O–H groups in total. The van der Waals surface area contributed by atoms with Crippen LogP contribution in [0.25, 0.3) is 22.6 Å². The second kappa shape index (κ2) is 6.32. The zero-order valence-corrected chi connectivity index (χ0v) is 15.4. The minimum Gasteiger partial charge on any atom is -0.444 e. The number of fused-ring (bicyclic) bond motifs is 1. The third-order valence-corrected chi connectivity index (χ3v) is 3.63. The van der Waals surface area contributed by atoms with E-state index in [0.29, 0.717) is 5.82 Å². The van der Waals surface area contributed by atoms with Gasteiger partial charge in [-0.25, -0.2) is 9.78 Å². The predicted octanol–water partition coefficient (Wildman–Crippen LogP) is 3.42. The van der Waals surface area contributed by atoms with Crippen molar-refractivity contribution in [2.24, 2.45) is 0 Å². The Hall–Kier alpha value is -2.68. The number of rotatable bonds is 2. The zero-order chi connectivity index (χ0) is 18.2. The van der Waals surface area contributed by atoms with Gasteiger partial charge < -0.3 is 9.72 Å². The van der Waals surface area contributed by atoms with Gasteiger partial charge in [0.05, 0.1) is 0 Å². The number of carbonyl (C=O) groups is 1. The lowest BCUT2D eigenvalue weighted by atomic mass is 10.2. The highest BCUT2D eigenvalue weighted by molar-refractivity contribution is 9.10. The average Bonchev–Trinajstić information content (AvgIpc) is 2.90. The van der Waals surface area contributed by atoms with Crippen molar-refractivity contribution in [3.63, 3.8) is 0 Å². The zero-order valence-electron chi connectivity index (χ0n) is 13.8. The summed E-state index contributed by atoms with van der Waals surface area (Å²) in [6, 6.07) is 7.46. The Morgan fingerprint density at radius 1 is 1.16 bits per heavy atom. The van der Waals surface area contributed by atoms with Gasteiger partial charge in [-0.2, -0.15) is 4.98 Å². The SMILES string of the molecule is CC(C)(C)OC(=O)Nc1nc2nc(-c3ccc(Br)cc3)[nH]c2c(=O)[nH]1. The molecule has 0 unspecified atom stereocenters. The Labute approximate surface area is 151 Å². The smallest absolute Gasteiger partial charge is 0.414 e. The first kappa shape index (κ1) is 17.2. The van der Waals surface area contributed by atoms with Gasteiger partial charge in [0.1, 0.15) is 11.4 Å². The maximum absolute atomic E-state index is 12.2. The summed E-state index contributed by atoms with van der Waals surface area (Å²) >= 11 is 3.37. The quantitative estimate of drug-likeness (QED) is 0.604. The number of ether oxygens (including phenoxy) is 1. The molecule has 0 saturated heterocycles. The van der Waals surface area contributed by atoms with Crippen LogP contribution >= 0.6 is 15.9 Å². The molecule has 9 heteroatoms. The minimum atomic E-state index is -0.710. The molecule has 0 spiro atoms. The summed E-state index contributed by atoms with van der Waals surface area (Å²) in [6.07, 6.45) is -0.710. The first-order valence-corrected chi connectivity index (χ1v) is 8.26. The highest BCUT2D eigenvalue weighted by atomic mass is 79.9. The van der Waals surface area contributed by atoms with Crippen LogP contribution in [0.5, 0.6) is 0 Å². The summed E-state index contributed by atoms with van der Waals surface area (Å²) < 4.78 is 6.07. The van der Waals surface area contributed by atoms with E-state index in [9.17, 15) is 9.59 Å². The van der Waals surface area contributed by atoms with Crippen molar-refractivity contribution in [3.05, 3.63) is 39.1 Å². The summed E-state index contributed by atoms with van der Waals surface area (Å²) in [7, 11) is 0. The van der Waals surface area contributed by atoms with Gasteiger partial charge in [-0.1, -0.05) is 28.1 Å². The number of benzene rings is 1. The molecule has 8 nitrogen and oxygen atoms in total. The molecule has 130 valence electrons. The molecule has 0 bridgehead atoms. The summed E-state index contributed by atoms with van der Waals surface area (Å²) in [5.74, 6) is 0.482. The van der Waals surface area contributed by atoms with Gasteiger partial charge in [0.2, 0.25) is 5.95 Å². The fourth-order valence-electron chi connectivity index (χ4n) is 2.11. The van der Waals surface area contributed by atoms with Gasteiger partial charge in [0.15, 0.2) is 11.2 Å². The molecule has 3 rings (SSSR count). The van der Waals surface area contributed by atoms with E-state index in [2.05, 4.69) is 41.2 Å². The number of hydrogen-bond donors (Lipinski definition) is 3. The molecule has 1 aromatic carbocycles. The van der Waals surface area contributed by atoms with Crippen molar-refractivity contribution in [2.45, 2.75) is 26.4 Å². The number of carbonyl (C=O) groups excluding carboxylic acids is 1. The number of amides is 1. The van der Waals surface area contributed by atoms with Crippen molar-refractivity contribution in [1.29, 1.82) is 0 Å². The second-order valence-electron chi connectivity index (χ2n) is 6.33. The Morgan fingerprint density at radius 3 is 2.48 bits per heavy atom. The van der Waals surface area contributed by atoms with Crippen LogP contribution in [0, 0.1) is 0 Å². The molecule has 0 saturated carbocycles. The third-order valence-electron chi connectivity index (χ3n) is 3.10. The number of H-pyrrole nitrogens is 2. The van der Waals surface area contributed by atoms with E-state index in [-0.39, 0.29) is 17.1 Å². The van der Waals surface area contributed by atoms with E-state index < -0.39 is 17.3 Å². The van der Waals surface area contributed by atoms with E-state index in [4.69, 9.17) is 4.74 Å². The van der Waals surface area contributed by atoms with Gasteiger partial charge >= 0.3 is 6.09 Å². The fraction of sp³-hybridized carbons (Fsp3) is 0.250. The number of nitrogens with zero attached hydrogens (tertiary/aromatic N) is 2. The largest absolute Gasteiger partial charge is 0.444 e. The van der Waals surface area contributed by atoms with Crippen LogP contribution in [0.2, 0.25) is 0 Å². The van der Waals surface area contributed by atoms with Crippen molar-refractivity contribution in [2.75, 3.05) is 5.32 Å². The molecule has 3 aromatic rings. The molecule has 2 aromatic heterocycles. The topological polar surface area (TPSA) is 113 Å². The Balaban J connectivity index is 1.92. The monoisotopic (exact) mass is 405 g/mol. The molecular weight excluding hydrogens is 390 g/mol. The van der Waals surface area contributed by atoms with Crippen molar-refractivity contribution >= 4 is 39.1 Å². The van der Waals surface area contributed by atoms with E-state index in [1.54, 1.807) is 20.8 Å². The van der Waals surface area contributed by atoms with Crippen LogP contribution in [0.1, 0.15) is 20.8 Å². The molecule has 2 heterocycles.